The minimum atomic E-state index is -4.95. The highest BCUT2D eigenvalue weighted by Gasteiger charge is 2.33. The molecule has 126 valence electrons. The van der Waals surface area contributed by atoms with Gasteiger partial charge in [0.15, 0.2) is 11.6 Å². The predicted octanol–water partition coefficient (Wildman–Crippen LogP) is 3.70. The fourth-order valence-electron chi connectivity index (χ4n) is 2.72. The van der Waals surface area contributed by atoms with Crippen molar-refractivity contribution in [2.24, 2.45) is 11.7 Å². The fourth-order valence-corrected chi connectivity index (χ4v) is 2.72. The molecule has 1 fully saturated rings. The Balaban J connectivity index is 0.00000242. The average molecular weight is 344 g/mol. The molecule has 2 atom stereocenters. The normalized spacial score (nSPS) is 18.6. The van der Waals surface area contributed by atoms with E-state index in [9.17, 15) is 22.7 Å². The summed E-state index contributed by atoms with van der Waals surface area (Å²) in [7, 11) is 0. The molecule has 3 N–H and O–H groups in total. The molecular formula is C14H18ClF4NO2. The molecule has 0 saturated heterocycles. The molecule has 0 spiro atoms. The maximum atomic E-state index is 13.6. The maximum absolute atomic E-state index is 13.6. The maximum Gasteiger partial charge on any atom is 0.573 e. The van der Waals surface area contributed by atoms with Crippen LogP contribution in [-0.4, -0.2) is 17.6 Å². The molecule has 2 rings (SSSR count). The Morgan fingerprint density at radius 3 is 2.32 bits per heavy atom. The highest BCUT2D eigenvalue weighted by atomic mass is 35.5. The first-order chi connectivity index (χ1) is 9.78. The molecule has 0 aromatic heterocycles. The summed E-state index contributed by atoms with van der Waals surface area (Å²) in [6.45, 7) is 0. The van der Waals surface area contributed by atoms with Gasteiger partial charge in [-0.2, -0.15) is 0 Å². The van der Waals surface area contributed by atoms with Crippen molar-refractivity contribution >= 4 is 12.4 Å². The van der Waals surface area contributed by atoms with Gasteiger partial charge in [0.1, 0.15) is 0 Å². The van der Waals surface area contributed by atoms with Crippen LogP contribution in [0.1, 0.15) is 37.3 Å². The third-order valence-electron chi connectivity index (χ3n) is 3.82. The van der Waals surface area contributed by atoms with E-state index >= 15 is 0 Å². The summed E-state index contributed by atoms with van der Waals surface area (Å²) in [5.41, 5.74) is 6.14. The topological polar surface area (TPSA) is 55.5 Å². The van der Waals surface area contributed by atoms with Crippen LogP contribution in [0.3, 0.4) is 0 Å². The summed E-state index contributed by atoms with van der Waals surface area (Å²) in [6.07, 6.45) is -2.05. The number of halogens is 5. The summed E-state index contributed by atoms with van der Waals surface area (Å²) in [6, 6.07) is 2.17. The zero-order valence-electron chi connectivity index (χ0n) is 11.6. The number of hydrogen-bond acceptors (Lipinski definition) is 3. The van der Waals surface area contributed by atoms with Gasteiger partial charge in [0.25, 0.3) is 0 Å². The predicted molar refractivity (Wildman–Crippen MR) is 75.2 cm³/mol. The van der Waals surface area contributed by atoms with Crippen molar-refractivity contribution < 1.29 is 27.4 Å². The largest absolute Gasteiger partial charge is 0.573 e. The molecule has 1 aliphatic rings. The third-order valence-corrected chi connectivity index (χ3v) is 3.82. The van der Waals surface area contributed by atoms with E-state index in [1.807, 2.05) is 0 Å². The van der Waals surface area contributed by atoms with Crippen LogP contribution in [0.15, 0.2) is 18.2 Å². The van der Waals surface area contributed by atoms with Crippen molar-refractivity contribution in [2.75, 3.05) is 0 Å². The minimum absolute atomic E-state index is 0. The molecule has 1 aromatic carbocycles. The molecule has 1 aliphatic carbocycles. The summed E-state index contributed by atoms with van der Waals surface area (Å²) < 4.78 is 53.3. The van der Waals surface area contributed by atoms with Crippen molar-refractivity contribution in [2.45, 2.75) is 44.2 Å². The molecule has 0 heterocycles. The zero-order valence-corrected chi connectivity index (χ0v) is 12.5. The SMILES string of the molecule is Cl.N[C@@H](c1ccc(OC(F)(F)F)c(F)c1)[C@H](O)C1CCCC1. The van der Waals surface area contributed by atoms with Crippen molar-refractivity contribution in [3.8, 4) is 5.75 Å². The Hall–Kier alpha value is -1.05. The number of aliphatic hydroxyl groups is 1. The van der Waals surface area contributed by atoms with Crippen LogP contribution in [0.25, 0.3) is 0 Å². The van der Waals surface area contributed by atoms with Gasteiger partial charge in [-0.25, -0.2) is 4.39 Å². The second kappa shape index (κ2) is 7.48. The Morgan fingerprint density at radius 1 is 1.23 bits per heavy atom. The van der Waals surface area contributed by atoms with Gasteiger partial charge < -0.3 is 15.6 Å². The third kappa shape index (κ3) is 4.72. The number of benzene rings is 1. The summed E-state index contributed by atoms with van der Waals surface area (Å²) in [5.74, 6) is -2.01. The molecule has 8 heteroatoms. The lowest BCUT2D eigenvalue weighted by atomic mass is 9.91. The smallest absolute Gasteiger partial charge is 0.403 e. The van der Waals surface area contributed by atoms with Gasteiger partial charge >= 0.3 is 6.36 Å². The van der Waals surface area contributed by atoms with Gasteiger partial charge in [-0.05, 0) is 36.5 Å². The van der Waals surface area contributed by atoms with E-state index in [2.05, 4.69) is 4.74 Å². The minimum Gasteiger partial charge on any atom is -0.403 e. The molecule has 0 amide bonds. The van der Waals surface area contributed by atoms with Crippen molar-refractivity contribution in [3.05, 3.63) is 29.6 Å². The van der Waals surface area contributed by atoms with E-state index in [0.29, 0.717) is 0 Å². The van der Waals surface area contributed by atoms with E-state index in [1.54, 1.807) is 0 Å². The standard InChI is InChI=1S/C14H17F4NO2.ClH/c15-10-7-9(5-6-11(10)21-14(16,17)18)12(19)13(20)8-3-1-2-4-8;/h5-8,12-13,20H,1-4,19H2;1H/t12-,13+;/m0./s1. The van der Waals surface area contributed by atoms with E-state index < -0.39 is 30.1 Å². The molecule has 22 heavy (non-hydrogen) atoms. The van der Waals surface area contributed by atoms with Crippen molar-refractivity contribution in [3.63, 3.8) is 0 Å². The van der Waals surface area contributed by atoms with Crippen LogP contribution in [0.5, 0.6) is 5.75 Å². The molecule has 0 radical (unpaired) electrons. The lowest BCUT2D eigenvalue weighted by Gasteiger charge is -2.24. The van der Waals surface area contributed by atoms with Gasteiger partial charge in [-0.3, -0.25) is 0 Å². The number of ether oxygens (including phenoxy) is 1. The lowest BCUT2D eigenvalue weighted by Crippen LogP contribution is -2.32. The molecule has 0 aliphatic heterocycles. The second-order valence-electron chi connectivity index (χ2n) is 5.30. The Kier molecular flexibility index (Phi) is 6.46. The van der Waals surface area contributed by atoms with Crippen molar-refractivity contribution in [1.29, 1.82) is 0 Å². The Morgan fingerprint density at radius 2 is 1.82 bits per heavy atom. The molecule has 0 unspecified atom stereocenters. The first kappa shape index (κ1) is 19.0. The van der Waals surface area contributed by atoms with E-state index in [4.69, 9.17) is 5.73 Å². The molecular weight excluding hydrogens is 326 g/mol. The number of hydrogen-bond donors (Lipinski definition) is 2. The van der Waals surface area contributed by atoms with Gasteiger partial charge in [0.05, 0.1) is 12.1 Å². The van der Waals surface area contributed by atoms with E-state index in [-0.39, 0.29) is 23.9 Å². The molecule has 3 nitrogen and oxygen atoms in total. The number of alkyl halides is 3. The second-order valence-corrected chi connectivity index (χ2v) is 5.30. The van der Waals surface area contributed by atoms with E-state index in [0.717, 1.165) is 37.8 Å². The first-order valence-corrected chi connectivity index (χ1v) is 6.77. The fraction of sp³-hybridized carbons (Fsp3) is 0.571. The van der Waals surface area contributed by atoms with E-state index in [1.165, 1.54) is 6.07 Å². The highest BCUT2D eigenvalue weighted by Crippen LogP contribution is 2.34. The number of aliphatic hydroxyl groups excluding tert-OH is 1. The number of nitrogens with two attached hydrogens (primary N) is 1. The summed E-state index contributed by atoms with van der Waals surface area (Å²) >= 11 is 0. The van der Waals surface area contributed by atoms with Gasteiger partial charge in [0, 0.05) is 0 Å². The zero-order chi connectivity index (χ0) is 15.6. The first-order valence-electron chi connectivity index (χ1n) is 6.77. The lowest BCUT2D eigenvalue weighted by molar-refractivity contribution is -0.275. The van der Waals surface area contributed by atoms with Crippen LogP contribution in [0, 0.1) is 11.7 Å². The Bertz CT molecular complexity index is 492. The van der Waals surface area contributed by atoms with Crippen LogP contribution < -0.4 is 10.5 Å². The molecule has 0 bridgehead atoms. The Labute approximate surface area is 131 Å². The highest BCUT2D eigenvalue weighted by molar-refractivity contribution is 5.85. The molecule has 1 aromatic rings. The quantitative estimate of drug-likeness (QED) is 0.820. The van der Waals surface area contributed by atoms with Gasteiger partial charge in [-0.1, -0.05) is 18.9 Å². The van der Waals surface area contributed by atoms with Crippen LogP contribution in [0.4, 0.5) is 17.6 Å². The molecule has 1 saturated carbocycles. The van der Waals surface area contributed by atoms with Crippen LogP contribution in [-0.2, 0) is 0 Å². The number of rotatable bonds is 4. The average Bonchev–Trinajstić information content (AvgIpc) is 2.92. The van der Waals surface area contributed by atoms with Crippen LogP contribution >= 0.6 is 12.4 Å². The van der Waals surface area contributed by atoms with Gasteiger partial charge in [0.2, 0.25) is 0 Å². The van der Waals surface area contributed by atoms with Gasteiger partial charge in [-0.15, -0.1) is 25.6 Å². The van der Waals surface area contributed by atoms with Crippen molar-refractivity contribution in [1.82, 2.24) is 0 Å². The monoisotopic (exact) mass is 343 g/mol. The summed E-state index contributed by atoms with van der Waals surface area (Å²) in [4.78, 5) is 0. The summed E-state index contributed by atoms with van der Waals surface area (Å²) in [5, 5.41) is 10.2. The van der Waals surface area contributed by atoms with Crippen LogP contribution in [0.2, 0.25) is 0 Å².